The molecule has 57 heavy (non-hydrogen) atoms. The first-order valence-electron chi connectivity index (χ1n) is 18.7. The first kappa shape index (κ1) is 41.0. The number of aromatic nitrogens is 3. The second-order valence-corrected chi connectivity index (χ2v) is 14.6. The van der Waals surface area contributed by atoms with Gasteiger partial charge in [0.15, 0.2) is 5.82 Å². The molecule has 0 spiro atoms. The average Bonchev–Trinajstić information content (AvgIpc) is 3.92. The first-order chi connectivity index (χ1) is 27.2. The van der Waals surface area contributed by atoms with Gasteiger partial charge in [-0.3, -0.25) is 19.5 Å². The standard InChI is InChI=1S/C40H44F4N8O5/c1-22-18-28(35(54)48-30-16-17-46-21-30)12-15-31(22)25-6-2-23(3-7-25)19-32(49-34(53)27-8-4-24(20-45)5-9-27)36(55)47-29-13-10-26(11-14-29)33-50-37(52-51-33)39(41,42)40(43,44)38(56)57/h2-3,6-7,10-15,18,24,27,30,32,46H,4-5,8-9,16-17,19-21,45H2,1H3,(H,47,55)(H,48,54)(H,49,53)(H,56,57)(H,50,51,52)/t24?,27?,30-,32-/m0/s1. The number of aliphatic carboxylic acids is 1. The summed E-state index contributed by atoms with van der Waals surface area (Å²) >= 11 is 0. The van der Waals surface area contributed by atoms with E-state index in [9.17, 15) is 36.7 Å². The van der Waals surface area contributed by atoms with Crippen molar-refractivity contribution in [1.82, 2.24) is 31.1 Å². The number of aromatic amines is 1. The lowest BCUT2D eigenvalue weighted by atomic mass is 9.81. The van der Waals surface area contributed by atoms with Crippen LogP contribution in [0.25, 0.3) is 22.5 Å². The molecule has 2 atom stereocenters. The van der Waals surface area contributed by atoms with Crippen LogP contribution >= 0.6 is 0 Å². The van der Waals surface area contributed by atoms with Crippen molar-refractivity contribution >= 4 is 29.4 Å². The number of aryl methyl sites for hydroxylation is 1. The lowest BCUT2D eigenvalue weighted by molar-refractivity contribution is -0.231. The number of halogens is 4. The number of H-pyrrole nitrogens is 1. The Morgan fingerprint density at radius 1 is 0.930 bits per heavy atom. The molecule has 13 nitrogen and oxygen atoms in total. The number of carboxylic acids is 1. The monoisotopic (exact) mass is 792 g/mol. The number of carbonyl (C=O) groups excluding carboxylic acids is 3. The number of nitrogens with zero attached hydrogens (tertiary/aromatic N) is 2. The van der Waals surface area contributed by atoms with Gasteiger partial charge in [0, 0.05) is 41.7 Å². The van der Waals surface area contributed by atoms with E-state index >= 15 is 0 Å². The smallest absolute Gasteiger partial charge is 0.411 e. The molecular formula is C40H44F4N8O5. The molecule has 4 aromatic rings. The van der Waals surface area contributed by atoms with E-state index in [1.807, 2.05) is 43.3 Å². The minimum absolute atomic E-state index is 0.105. The number of carbonyl (C=O) groups is 4. The molecule has 0 bridgehead atoms. The Labute approximate surface area is 325 Å². The molecule has 3 aromatic carbocycles. The average molecular weight is 793 g/mol. The maximum absolute atomic E-state index is 14.2. The van der Waals surface area contributed by atoms with Crippen molar-refractivity contribution in [2.75, 3.05) is 25.0 Å². The van der Waals surface area contributed by atoms with Gasteiger partial charge in [0.25, 0.3) is 5.91 Å². The molecule has 0 radical (unpaired) electrons. The number of nitrogens with two attached hydrogens (primary N) is 1. The number of amides is 3. The van der Waals surface area contributed by atoms with E-state index in [1.165, 1.54) is 24.3 Å². The second kappa shape index (κ2) is 17.2. The Bertz CT molecular complexity index is 2080. The van der Waals surface area contributed by atoms with E-state index in [4.69, 9.17) is 10.8 Å². The summed E-state index contributed by atoms with van der Waals surface area (Å²) in [6.07, 6.45) is 3.97. The van der Waals surface area contributed by atoms with Crippen molar-refractivity contribution in [1.29, 1.82) is 0 Å². The van der Waals surface area contributed by atoms with Gasteiger partial charge in [-0.1, -0.05) is 30.3 Å². The molecule has 17 heteroatoms. The largest absolute Gasteiger partial charge is 0.477 e. The van der Waals surface area contributed by atoms with Gasteiger partial charge in [0.05, 0.1) is 0 Å². The summed E-state index contributed by atoms with van der Waals surface area (Å²) in [5, 5.41) is 25.8. The summed E-state index contributed by atoms with van der Waals surface area (Å²) in [5.74, 6) is -16.5. The molecule has 2 heterocycles. The third-order valence-corrected chi connectivity index (χ3v) is 10.6. The van der Waals surface area contributed by atoms with Crippen LogP contribution in [0, 0.1) is 18.8 Å². The van der Waals surface area contributed by atoms with Gasteiger partial charge in [-0.2, -0.15) is 22.7 Å². The van der Waals surface area contributed by atoms with Crippen LogP contribution < -0.4 is 27.0 Å². The molecule has 302 valence electrons. The molecule has 1 saturated carbocycles. The van der Waals surface area contributed by atoms with Crippen LogP contribution in [0.15, 0.2) is 66.7 Å². The summed E-state index contributed by atoms with van der Waals surface area (Å²) < 4.78 is 55.8. The predicted molar refractivity (Wildman–Crippen MR) is 202 cm³/mol. The summed E-state index contributed by atoms with van der Waals surface area (Å²) in [7, 11) is 0. The first-order valence-corrected chi connectivity index (χ1v) is 18.7. The maximum atomic E-state index is 14.2. The predicted octanol–water partition coefficient (Wildman–Crippen LogP) is 4.78. The molecule has 6 rings (SSSR count). The highest BCUT2D eigenvalue weighted by molar-refractivity contribution is 5.98. The van der Waals surface area contributed by atoms with Crippen LogP contribution in [0.4, 0.5) is 23.2 Å². The fourth-order valence-corrected chi connectivity index (χ4v) is 7.14. The van der Waals surface area contributed by atoms with Crippen molar-refractivity contribution in [3.63, 3.8) is 0 Å². The van der Waals surface area contributed by atoms with Crippen LogP contribution in [-0.2, 0) is 26.7 Å². The maximum Gasteiger partial charge on any atom is 0.411 e. The zero-order valence-corrected chi connectivity index (χ0v) is 31.1. The number of alkyl halides is 4. The van der Waals surface area contributed by atoms with Crippen molar-refractivity contribution in [2.45, 2.75) is 69.4 Å². The number of nitrogens with one attached hydrogen (secondary N) is 5. The van der Waals surface area contributed by atoms with Crippen LogP contribution in [0.2, 0.25) is 0 Å². The van der Waals surface area contributed by atoms with Gasteiger partial charge in [-0.15, -0.1) is 0 Å². The minimum Gasteiger partial charge on any atom is -0.477 e. The Morgan fingerprint density at radius 2 is 1.61 bits per heavy atom. The minimum atomic E-state index is -5.44. The number of rotatable bonds is 14. The number of hydrogen-bond acceptors (Lipinski definition) is 8. The van der Waals surface area contributed by atoms with Gasteiger partial charge >= 0.3 is 17.8 Å². The molecule has 2 aliphatic rings. The Hall–Kier alpha value is -5.68. The lowest BCUT2D eigenvalue weighted by Gasteiger charge is -2.28. The third kappa shape index (κ3) is 9.31. The summed E-state index contributed by atoms with van der Waals surface area (Å²) in [6.45, 7) is 4.11. The van der Waals surface area contributed by atoms with E-state index in [1.54, 1.807) is 11.2 Å². The van der Waals surface area contributed by atoms with Crippen molar-refractivity contribution in [3.05, 3.63) is 89.2 Å². The Morgan fingerprint density at radius 3 is 2.23 bits per heavy atom. The van der Waals surface area contributed by atoms with E-state index < -0.39 is 41.4 Å². The molecule has 8 N–H and O–H groups in total. The second-order valence-electron chi connectivity index (χ2n) is 14.6. The van der Waals surface area contributed by atoms with Gasteiger partial charge in [0.2, 0.25) is 17.6 Å². The van der Waals surface area contributed by atoms with Gasteiger partial charge < -0.3 is 32.1 Å². The van der Waals surface area contributed by atoms with Crippen molar-refractivity contribution < 1.29 is 41.8 Å². The van der Waals surface area contributed by atoms with E-state index in [0.717, 1.165) is 54.6 Å². The quantitative estimate of drug-likeness (QED) is 0.0877. The number of benzene rings is 3. The number of anilines is 1. The Balaban J connectivity index is 1.15. The fourth-order valence-electron chi connectivity index (χ4n) is 7.14. The SMILES string of the molecule is Cc1cc(C(=O)N[C@H]2CCNC2)ccc1-c1ccc(C[C@H](NC(=O)C2CCC(CN)CC2)C(=O)Nc2ccc(-c3n[nH]c(C(F)(F)C(F)(F)C(=O)O)n3)cc2)cc1. The molecule has 0 unspecified atom stereocenters. The van der Waals surface area contributed by atoms with Gasteiger partial charge in [-0.05, 0) is 117 Å². The van der Waals surface area contributed by atoms with E-state index in [0.29, 0.717) is 30.9 Å². The topological polar surface area (TPSA) is 204 Å². The highest BCUT2D eigenvalue weighted by Gasteiger charge is 2.65. The van der Waals surface area contributed by atoms with Crippen LogP contribution in [0.1, 0.15) is 59.4 Å². The molecule has 1 aliphatic carbocycles. The van der Waals surface area contributed by atoms with Crippen LogP contribution in [0.5, 0.6) is 0 Å². The van der Waals surface area contributed by atoms with Crippen LogP contribution in [-0.4, -0.2) is 81.6 Å². The molecule has 1 aliphatic heterocycles. The number of carboxylic acid groups (broad SMARTS) is 1. The summed E-state index contributed by atoms with van der Waals surface area (Å²) in [5.41, 5.74) is 10.3. The molecular weight excluding hydrogens is 748 g/mol. The summed E-state index contributed by atoms with van der Waals surface area (Å²) in [4.78, 5) is 54.2. The zero-order valence-electron chi connectivity index (χ0n) is 31.1. The molecule has 3 amide bonds. The molecule has 1 saturated heterocycles. The van der Waals surface area contributed by atoms with Gasteiger partial charge in [0.1, 0.15) is 6.04 Å². The summed E-state index contributed by atoms with van der Waals surface area (Å²) in [6, 6.07) is 17.8. The van der Waals surface area contributed by atoms with Crippen LogP contribution in [0.3, 0.4) is 0 Å². The van der Waals surface area contributed by atoms with Crippen molar-refractivity contribution in [2.24, 2.45) is 17.6 Å². The normalized spacial score (nSPS) is 19.1. The molecule has 1 aromatic heterocycles. The Kier molecular flexibility index (Phi) is 12.4. The van der Waals surface area contributed by atoms with E-state index in [2.05, 4.69) is 31.3 Å². The van der Waals surface area contributed by atoms with Gasteiger partial charge in [-0.25, -0.2) is 9.78 Å². The van der Waals surface area contributed by atoms with E-state index in [-0.39, 0.29) is 41.4 Å². The fraction of sp³-hybridized carbons (Fsp3) is 0.400. The highest BCUT2D eigenvalue weighted by atomic mass is 19.3. The third-order valence-electron chi connectivity index (χ3n) is 10.6. The zero-order chi connectivity index (χ0) is 40.9. The number of hydrogen-bond donors (Lipinski definition) is 7. The lowest BCUT2D eigenvalue weighted by Crippen LogP contribution is -2.48. The van der Waals surface area contributed by atoms with Crippen molar-refractivity contribution in [3.8, 4) is 22.5 Å². The molecule has 2 fully saturated rings. The highest BCUT2D eigenvalue weighted by Crippen LogP contribution is 2.42.